The molecule has 0 saturated carbocycles. The minimum absolute atomic E-state index is 0.178. The maximum Gasteiger partial charge on any atom is 0.260 e. The summed E-state index contributed by atoms with van der Waals surface area (Å²) in [5, 5.41) is 3.84. The SMILES string of the molecule is CCc1ccc(NC(=O)c2c(OC)c(N3CCCCC3)nc3ccccc23)cc1. The first kappa shape index (κ1) is 19.2. The number of carbonyl (C=O) groups excluding carboxylic acids is 1. The minimum atomic E-state index is -0.178. The molecule has 1 aromatic heterocycles. The summed E-state index contributed by atoms with van der Waals surface area (Å²) < 4.78 is 5.77. The van der Waals surface area contributed by atoms with Crippen LogP contribution in [-0.2, 0) is 6.42 Å². The highest BCUT2D eigenvalue weighted by molar-refractivity contribution is 6.15. The van der Waals surface area contributed by atoms with Crippen LogP contribution >= 0.6 is 0 Å². The van der Waals surface area contributed by atoms with Crippen LogP contribution in [0.4, 0.5) is 11.5 Å². The number of nitrogens with zero attached hydrogens (tertiary/aromatic N) is 2. The minimum Gasteiger partial charge on any atom is -0.492 e. The van der Waals surface area contributed by atoms with Crippen molar-refractivity contribution in [3.63, 3.8) is 0 Å². The number of amides is 1. The summed E-state index contributed by atoms with van der Waals surface area (Å²) in [5.41, 5.74) is 3.36. The average molecular weight is 389 g/mol. The monoisotopic (exact) mass is 389 g/mol. The number of hydrogen-bond acceptors (Lipinski definition) is 4. The van der Waals surface area contributed by atoms with Gasteiger partial charge in [0.1, 0.15) is 0 Å². The van der Waals surface area contributed by atoms with Crippen molar-refractivity contribution in [1.29, 1.82) is 0 Å². The second kappa shape index (κ2) is 8.52. The number of aryl methyl sites for hydroxylation is 1. The Labute approximate surface area is 171 Å². The lowest BCUT2D eigenvalue weighted by Crippen LogP contribution is -2.31. The Hall–Kier alpha value is -3.08. The molecule has 1 amide bonds. The van der Waals surface area contributed by atoms with E-state index in [1.807, 2.05) is 48.5 Å². The number of nitrogens with one attached hydrogen (secondary N) is 1. The van der Waals surface area contributed by atoms with Crippen LogP contribution < -0.4 is 15.0 Å². The van der Waals surface area contributed by atoms with E-state index in [-0.39, 0.29) is 5.91 Å². The number of pyridine rings is 1. The lowest BCUT2D eigenvalue weighted by atomic mass is 10.0. The molecule has 4 rings (SSSR count). The Morgan fingerprint density at radius 2 is 1.79 bits per heavy atom. The van der Waals surface area contributed by atoms with Crippen LogP contribution in [-0.4, -0.2) is 31.1 Å². The molecule has 1 aliphatic rings. The zero-order chi connectivity index (χ0) is 20.2. The van der Waals surface area contributed by atoms with E-state index in [1.54, 1.807) is 7.11 Å². The first-order valence-corrected chi connectivity index (χ1v) is 10.3. The zero-order valence-electron chi connectivity index (χ0n) is 17.1. The molecule has 0 bridgehead atoms. The predicted molar refractivity (Wildman–Crippen MR) is 118 cm³/mol. The summed E-state index contributed by atoms with van der Waals surface area (Å²) in [6.07, 6.45) is 4.45. The third-order valence-electron chi connectivity index (χ3n) is 5.54. The molecule has 29 heavy (non-hydrogen) atoms. The van der Waals surface area contributed by atoms with Gasteiger partial charge in [0.2, 0.25) is 0 Å². The molecule has 2 aromatic carbocycles. The van der Waals surface area contributed by atoms with Gasteiger partial charge >= 0.3 is 0 Å². The van der Waals surface area contributed by atoms with Gasteiger partial charge in [-0.3, -0.25) is 4.79 Å². The molecule has 1 fully saturated rings. The Morgan fingerprint density at radius 3 is 2.48 bits per heavy atom. The second-order valence-corrected chi connectivity index (χ2v) is 7.41. The summed E-state index contributed by atoms with van der Waals surface area (Å²) in [5.74, 6) is 1.13. The molecule has 1 N–H and O–H groups in total. The van der Waals surface area contributed by atoms with E-state index in [2.05, 4.69) is 17.1 Å². The molecule has 0 atom stereocenters. The summed E-state index contributed by atoms with van der Waals surface area (Å²) >= 11 is 0. The van der Waals surface area contributed by atoms with Crippen molar-refractivity contribution in [2.24, 2.45) is 0 Å². The normalized spacial score (nSPS) is 14.1. The molecule has 0 unspecified atom stereocenters. The average Bonchev–Trinajstić information content (AvgIpc) is 2.78. The molecule has 0 radical (unpaired) electrons. The first-order chi connectivity index (χ1) is 14.2. The Morgan fingerprint density at radius 1 is 1.07 bits per heavy atom. The number of benzene rings is 2. The van der Waals surface area contributed by atoms with Gasteiger partial charge in [-0.05, 0) is 49.4 Å². The summed E-state index contributed by atoms with van der Waals surface area (Å²) in [4.78, 5) is 20.5. The summed E-state index contributed by atoms with van der Waals surface area (Å²) in [6, 6.07) is 15.7. The number of ether oxygens (including phenoxy) is 1. The highest BCUT2D eigenvalue weighted by Gasteiger charge is 2.25. The van der Waals surface area contributed by atoms with Crippen LogP contribution in [0.2, 0.25) is 0 Å². The van der Waals surface area contributed by atoms with Crippen molar-refractivity contribution >= 4 is 28.3 Å². The smallest absolute Gasteiger partial charge is 0.260 e. The van der Waals surface area contributed by atoms with Crippen LogP contribution in [0.3, 0.4) is 0 Å². The molecule has 3 aromatic rings. The van der Waals surface area contributed by atoms with Crippen LogP contribution in [0, 0.1) is 0 Å². The molecular formula is C24H27N3O2. The van der Waals surface area contributed by atoms with Crippen LogP contribution in [0.1, 0.15) is 42.1 Å². The van der Waals surface area contributed by atoms with E-state index in [0.717, 1.165) is 54.8 Å². The number of fused-ring (bicyclic) bond motifs is 1. The molecular weight excluding hydrogens is 362 g/mol. The fraction of sp³-hybridized carbons (Fsp3) is 0.333. The molecule has 5 heteroatoms. The Bertz CT molecular complexity index is 1010. The molecule has 2 heterocycles. The van der Waals surface area contributed by atoms with Crippen molar-refractivity contribution in [1.82, 2.24) is 4.98 Å². The van der Waals surface area contributed by atoms with Crippen molar-refractivity contribution in [3.8, 4) is 5.75 Å². The fourth-order valence-electron chi connectivity index (χ4n) is 3.94. The number of hydrogen-bond donors (Lipinski definition) is 1. The Balaban J connectivity index is 1.79. The number of para-hydroxylation sites is 1. The van der Waals surface area contributed by atoms with Crippen LogP contribution in [0.25, 0.3) is 10.9 Å². The second-order valence-electron chi connectivity index (χ2n) is 7.41. The number of carbonyl (C=O) groups is 1. The van der Waals surface area contributed by atoms with Crippen LogP contribution in [0.15, 0.2) is 48.5 Å². The number of aromatic nitrogens is 1. The van der Waals surface area contributed by atoms with Gasteiger partial charge in [0.05, 0.1) is 18.2 Å². The van der Waals surface area contributed by atoms with Crippen molar-refractivity contribution in [3.05, 3.63) is 59.7 Å². The van der Waals surface area contributed by atoms with Gasteiger partial charge in [0.15, 0.2) is 11.6 Å². The van der Waals surface area contributed by atoms with Gasteiger partial charge in [0.25, 0.3) is 5.91 Å². The lowest BCUT2D eigenvalue weighted by Gasteiger charge is -2.30. The van der Waals surface area contributed by atoms with Crippen molar-refractivity contribution in [2.75, 3.05) is 30.4 Å². The van der Waals surface area contributed by atoms with E-state index in [0.29, 0.717) is 11.3 Å². The van der Waals surface area contributed by atoms with Gasteiger partial charge in [-0.2, -0.15) is 0 Å². The third-order valence-corrected chi connectivity index (χ3v) is 5.54. The molecule has 0 aliphatic carbocycles. The van der Waals surface area contributed by atoms with Crippen molar-refractivity contribution in [2.45, 2.75) is 32.6 Å². The van der Waals surface area contributed by atoms with E-state index >= 15 is 0 Å². The van der Waals surface area contributed by atoms with Gasteiger partial charge in [-0.1, -0.05) is 37.3 Å². The van der Waals surface area contributed by atoms with Crippen LogP contribution in [0.5, 0.6) is 5.75 Å². The van der Waals surface area contributed by atoms with E-state index in [9.17, 15) is 4.79 Å². The quantitative estimate of drug-likeness (QED) is 0.664. The molecule has 1 aliphatic heterocycles. The molecule has 0 spiro atoms. The maximum atomic E-state index is 13.4. The zero-order valence-corrected chi connectivity index (χ0v) is 17.1. The highest BCUT2D eigenvalue weighted by Crippen LogP contribution is 2.37. The first-order valence-electron chi connectivity index (χ1n) is 10.3. The third kappa shape index (κ3) is 3.90. The largest absolute Gasteiger partial charge is 0.492 e. The summed E-state index contributed by atoms with van der Waals surface area (Å²) in [7, 11) is 1.62. The van der Waals surface area contributed by atoms with E-state index < -0.39 is 0 Å². The van der Waals surface area contributed by atoms with Gasteiger partial charge in [-0.25, -0.2) is 4.98 Å². The van der Waals surface area contributed by atoms with Gasteiger partial charge in [0, 0.05) is 24.2 Å². The standard InChI is InChI=1S/C24H27N3O2/c1-3-17-11-13-18(14-12-17)25-24(28)21-19-9-5-6-10-20(19)26-23(22(21)29-2)27-15-7-4-8-16-27/h5-6,9-14H,3-4,7-8,15-16H2,1-2H3,(H,25,28). The van der Waals surface area contributed by atoms with Gasteiger partial charge in [-0.15, -0.1) is 0 Å². The molecule has 5 nitrogen and oxygen atoms in total. The maximum absolute atomic E-state index is 13.4. The van der Waals surface area contributed by atoms with Crippen molar-refractivity contribution < 1.29 is 9.53 Å². The molecule has 150 valence electrons. The fourth-order valence-corrected chi connectivity index (χ4v) is 3.94. The topological polar surface area (TPSA) is 54.5 Å². The number of rotatable bonds is 5. The number of anilines is 2. The summed E-state index contributed by atoms with van der Waals surface area (Å²) in [6.45, 7) is 3.98. The molecule has 1 saturated heterocycles. The predicted octanol–water partition coefficient (Wildman–Crippen LogP) is 5.05. The Kier molecular flexibility index (Phi) is 5.65. The van der Waals surface area contributed by atoms with E-state index in [4.69, 9.17) is 9.72 Å². The number of piperidine rings is 1. The number of methoxy groups -OCH3 is 1. The lowest BCUT2D eigenvalue weighted by molar-refractivity contribution is 0.102. The highest BCUT2D eigenvalue weighted by atomic mass is 16.5. The van der Waals surface area contributed by atoms with Gasteiger partial charge < -0.3 is 15.0 Å². The van der Waals surface area contributed by atoms with E-state index in [1.165, 1.54) is 12.0 Å².